The summed E-state index contributed by atoms with van der Waals surface area (Å²) in [6, 6.07) is 0.743. The highest BCUT2D eigenvalue weighted by Crippen LogP contribution is 2.37. The minimum atomic E-state index is 0.512. The Morgan fingerprint density at radius 2 is 1.69 bits per heavy atom. The molecular weight excluding hydrogens is 194 g/mol. The van der Waals surface area contributed by atoms with Crippen molar-refractivity contribution in [1.82, 2.24) is 5.32 Å². The molecule has 0 radical (unpaired) electrons. The average molecular weight is 225 g/mol. The Morgan fingerprint density at radius 3 is 2.06 bits per heavy atom. The molecule has 1 aliphatic carbocycles. The van der Waals surface area contributed by atoms with Gasteiger partial charge >= 0.3 is 0 Å². The lowest BCUT2D eigenvalue weighted by Gasteiger charge is -2.32. The molecule has 0 amide bonds. The summed E-state index contributed by atoms with van der Waals surface area (Å²) < 4.78 is 0. The van der Waals surface area contributed by atoms with Gasteiger partial charge in [-0.3, -0.25) is 0 Å². The van der Waals surface area contributed by atoms with Crippen molar-refractivity contribution in [3.05, 3.63) is 0 Å². The summed E-state index contributed by atoms with van der Waals surface area (Å²) >= 11 is 0. The van der Waals surface area contributed by atoms with Gasteiger partial charge < -0.3 is 5.32 Å². The number of hydrogen-bond donors (Lipinski definition) is 1. The van der Waals surface area contributed by atoms with Crippen LogP contribution in [0, 0.1) is 23.2 Å². The molecule has 1 fully saturated rings. The van der Waals surface area contributed by atoms with E-state index in [4.69, 9.17) is 0 Å². The molecule has 0 spiro atoms. The molecule has 0 aliphatic heterocycles. The molecule has 1 atom stereocenters. The van der Waals surface area contributed by atoms with E-state index in [0.29, 0.717) is 5.41 Å². The third-order valence-corrected chi connectivity index (χ3v) is 4.57. The number of nitrogens with one attached hydrogen (secondary N) is 1. The smallest absolute Gasteiger partial charge is 0.0118 e. The van der Waals surface area contributed by atoms with Crippen LogP contribution in [-0.2, 0) is 0 Å². The second-order valence-corrected chi connectivity index (χ2v) is 6.99. The van der Waals surface area contributed by atoms with Gasteiger partial charge in [-0.2, -0.15) is 0 Å². The van der Waals surface area contributed by atoms with Gasteiger partial charge in [0.05, 0.1) is 0 Å². The minimum absolute atomic E-state index is 0.512. The molecule has 0 bridgehead atoms. The molecule has 0 saturated heterocycles. The van der Waals surface area contributed by atoms with Crippen LogP contribution < -0.4 is 5.32 Å². The molecule has 0 aromatic rings. The molecule has 1 unspecified atom stereocenters. The third-order valence-electron chi connectivity index (χ3n) is 4.57. The topological polar surface area (TPSA) is 12.0 Å². The van der Waals surface area contributed by atoms with Crippen LogP contribution >= 0.6 is 0 Å². The summed E-state index contributed by atoms with van der Waals surface area (Å²) in [7, 11) is 0. The summed E-state index contributed by atoms with van der Waals surface area (Å²) in [5, 5.41) is 3.83. The van der Waals surface area contributed by atoms with Crippen molar-refractivity contribution in [2.24, 2.45) is 23.2 Å². The van der Waals surface area contributed by atoms with Gasteiger partial charge in [0.15, 0.2) is 0 Å². The summed E-state index contributed by atoms with van der Waals surface area (Å²) in [5.74, 6) is 2.39. The number of hydrogen-bond acceptors (Lipinski definition) is 1. The highest BCUT2D eigenvalue weighted by Gasteiger charge is 2.34. The summed E-state index contributed by atoms with van der Waals surface area (Å²) in [6.45, 7) is 15.4. The first-order chi connectivity index (χ1) is 7.34. The standard InChI is InChI=1S/C15H31N/c1-11(2)13(12(3)4)10-16-14-8-7-9-15(14,5)6/h11-14,16H,7-10H2,1-6H3. The van der Waals surface area contributed by atoms with Crippen molar-refractivity contribution < 1.29 is 0 Å². The van der Waals surface area contributed by atoms with Crippen LogP contribution in [0.2, 0.25) is 0 Å². The van der Waals surface area contributed by atoms with Gasteiger partial charge in [-0.05, 0) is 42.6 Å². The zero-order valence-electron chi connectivity index (χ0n) is 12.1. The fourth-order valence-electron chi connectivity index (χ4n) is 3.22. The van der Waals surface area contributed by atoms with Crippen molar-refractivity contribution in [2.75, 3.05) is 6.54 Å². The van der Waals surface area contributed by atoms with E-state index < -0.39 is 0 Å². The minimum Gasteiger partial charge on any atom is -0.313 e. The first-order valence-electron chi connectivity index (χ1n) is 7.08. The molecule has 0 aromatic carbocycles. The molecule has 0 aromatic heterocycles. The second kappa shape index (κ2) is 5.53. The van der Waals surface area contributed by atoms with E-state index >= 15 is 0 Å². The molecule has 96 valence electrons. The summed E-state index contributed by atoms with van der Waals surface area (Å²) in [4.78, 5) is 0. The zero-order chi connectivity index (χ0) is 12.3. The molecule has 1 heteroatoms. The molecular formula is C15H31N. The van der Waals surface area contributed by atoms with E-state index in [0.717, 1.165) is 23.8 Å². The highest BCUT2D eigenvalue weighted by molar-refractivity contribution is 4.90. The Morgan fingerprint density at radius 1 is 1.12 bits per heavy atom. The van der Waals surface area contributed by atoms with E-state index in [1.807, 2.05) is 0 Å². The maximum absolute atomic E-state index is 3.83. The quantitative estimate of drug-likeness (QED) is 0.743. The van der Waals surface area contributed by atoms with Crippen LogP contribution in [0.4, 0.5) is 0 Å². The van der Waals surface area contributed by atoms with Gasteiger partial charge in [0, 0.05) is 6.04 Å². The molecule has 1 rings (SSSR count). The Labute approximate surface area is 102 Å². The molecule has 1 saturated carbocycles. The van der Waals surface area contributed by atoms with Gasteiger partial charge in [-0.1, -0.05) is 48.0 Å². The largest absolute Gasteiger partial charge is 0.313 e. The van der Waals surface area contributed by atoms with E-state index in [-0.39, 0.29) is 0 Å². The first kappa shape index (κ1) is 14.0. The predicted octanol–water partition coefficient (Wildman–Crippen LogP) is 4.08. The van der Waals surface area contributed by atoms with Gasteiger partial charge in [0.25, 0.3) is 0 Å². The highest BCUT2D eigenvalue weighted by atomic mass is 14.9. The van der Waals surface area contributed by atoms with Gasteiger partial charge in [0.1, 0.15) is 0 Å². The Kier molecular flexibility index (Phi) is 4.85. The number of rotatable bonds is 5. The fourth-order valence-corrected chi connectivity index (χ4v) is 3.22. The summed E-state index contributed by atoms with van der Waals surface area (Å²) in [5.41, 5.74) is 0.512. The lowest BCUT2D eigenvalue weighted by molar-refractivity contribution is 0.225. The lowest BCUT2D eigenvalue weighted by atomic mass is 9.83. The van der Waals surface area contributed by atoms with E-state index in [9.17, 15) is 0 Å². The SMILES string of the molecule is CC(C)C(CNC1CCCC1(C)C)C(C)C. The van der Waals surface area contributed by atoms with Crippen LogP contribution in [0.5, 0.6) is 0 Å². The van der Waals surface area contributed by atoms with Gasteiger partial charge in [0.2, 0.25) is 0 Å². The lowest BCUT2D eigenvalue weighted by Crippen LogP contribution is -2.42. The van der Waals surface area contributed by atoms with E-state index in [1.165, 1.54) is 25.8 Å². The molecule has 1 N–H and O–H groups in total. The van der Waals surface area contributed by atoms with Crippen LogP contribution in [0.3, 0.4) is 0 Å². The van der Waals surface area contributed by atoms with Crippen LogP contribution in [0.25, 0.3) is 0 Å². The van der Waals surface area contributed by atoms with E-state index in [1.54, 1.807) is 0 Å². The van der Waals surface area contributed by atoms with Crippen LogP contribution in [0.15, 0.2) is 0 Å². The first-order valence-corrected chi connectivity index (χ1v) is 7.08. The van der Waals surface area contributed by atoms with Crippen molar-refractivity contribution in [3.63, 3.8) is 0 Å². The van der Waals surface area contributed by atoms with Crippen molar-refractivity contribution in [3.8, 4) is 0 Å². The molecule has 16 heavy (non-hydrogen) atoms. The Balaban J connectivity index is 2.43. The molecule has 0 heterocycles. The van der Waals surface area contributed by atoms with Crippen molar-refractivity contribution in [1.29, 1.82) is 0 Å². The predicted molar refractivity (Wildman–Crippen MR) is 72.6 cm³/mol. The fraction of sp³-hybridized carbons (Fsp3) is 1.00. The second-order valence-electron chi connectivity index (χ2n) is 6.99. The normalized spacial score (nSPS) is 24.9. The molecule has 1 aliphatic rings. The monoisotopic (exact) mass is 225 g/mol. The van der Waals surface area contributed by atoms with Crippen molar-refractivity contribution >= 4 is 0 Å². The third kappa shape index (κ3) is 3.48. The van der Waals surface area contributed by atoms with Crippen LogP contribution in [0.1, 0.15) is 60.8 Å². The maximum atomic E-state index is 3.83. The van der Waals surface area contributed by atoms with Gasteiger partial charge in [-0.15, -0.1) is 0 Å². The maximum Gasteiger partial charge on any atom is 0.0118 e. The van der Waals surface area contributed by atoms with Crippen molar-refractivity contribution in [2.45, 2.75) is 66.8 Å². The summed E-state index contributed by atoms with van der Waals surface area (Å²) in [6.07, 6.45) is 4.16. The average Bonchev–Trinajstić information content (AvgIpc) is 2.44. The van der Waals surface area contributed by atoms with E-state index in [2.05, 4.69) is 46.9 Å². The van der Waals surface area contributed by atoms with Crippen LogP contribution in [-0.4, -0.2) is 12.6 Å². The van der Waals surface area contributed by atoms with Gasteiger partial charge in [-0.25, -0.2) is 0 Å². The Hall–Kier alpha value is -0.0400. The molecule has 1 nitrogen and oxygen atoms in total. The zero-order valence-corrected chi connectivity index (χ0v) is 12.1. The Bertz CT molecular complexity index is 195.